The highest BCUT2D eigenvalue weighted by molar-refractivity contribution is 5.82. The van der Waals surface area contributed by atoms with Crippen LogP contribution in [0, 0.1) is 5.92 Å². The quantitative estimate of drug-likeness (QED) is 0.334. The normalized spacial score (nSPS) is 25.4. The number of aromatic hydroxyl groups is 3. The fourth-order valence-electron chi connectivity index (χ4n) is 4.07. The van der Waals surface area contributed by atoms with Crippen molar-refractivity contribution in [1.82, 2.24) is 0 Å². The number of benzene rings is 2. The van der Waals surface area contributed by atoms with Gasteiger partial charge in [-0.2, -0.15) is 0 Å². The zero-order chi connectivity index (χ0) is 22.4. The van der Waals surface area contributed by atoms with Gasteiger partial charge in [0, 0.05) is 5.92 Å². The summed E-state index contributed by atoms with van der Waals surface area (Å²) in [5.41, 5.74) is -2.59. The molecule has 0 unspecified atom stereocenters. The molecule has 0 spiro atoms. The Morgan fingerprint density at radius 3 is 2.17 bits per heavy atom. The molecule has 0 amide bonds. The van der Waals surface area contributed by atoms with E-state index in [2.05, 4.69) is 0 Å². The van der Waals surface area contributed by atoms with E-state index in [0.717, 1.165) is 12.1 Å². The molecule has 0 heterocycles. The Labute approximate surface area is 170 Å². The minimum absolute atomic E-state index is 0.00298. The number of hydrogen-bond acceptors (Lipinski definition) is 9. The number of aliphatic hydroxyl groups is 3. The van der Waals surface area contributed by atoms with Gasteiger partial charge >= 0.3 is 5.97 Å². The van der Waals surface area contributed by atoms with Crippen LogP contribution >= 0.6 is 0 Å². The molecule has 4 atom stereocenters. The lowest BCUT2D eigenvalue weighted by molar-refractivity contribution is -0.180. The second-order valence-corrected chi connectivity index (χ2v) is 7.04. The van der Waals surface area contributed by atoms with Gasteiger partial charge in [-0.15, -0.1) is 0 Å². The maximum Gasteiger partial charge on any atom is 0.337 e. The lowest BCUT2D eigenvalue weighted by Gasteiger charge is -2.46. The predicted molar refractivity (Wildman–Crippen MR) is 101 cm³/mol. The number of aliphatic carboxylic acids is 1. The number of methoxy groups -OCH3 is 2. The summed E-state index contributed by atoms with van der Waals surface area (Å²) in [7, 11) is 2.50. The average molecular weight is 422 g/mol. The third-order valence-corrected chi connectivity index (χ3v) is 5.57. The monoisotopic (exact) mass is 422 g/mol. The Balaban J connectivity index is 2.40. The molecular weight excluding hydrogens is 400 g/mol. The smallest absolute Gasteiger partial charge is 0.337 e. The molecule has 0 aromatic heterocycles. The van der Waals surface area contributed by atoms with Crippen LogP contribution in [0.5, 0.6) is 28.7 Å². The van der Waals surface area contributed by atoms with E-state index in [0.29, 0.717) is 0 Å². The first-order valence-corrected chi connectivity index (χ1v) is 8.87. The first-order chi connectivity index (χ1) is 14.1. The van der Waals surface area contributed by atoms with E-state index >= 15 is 0 Å². The zero-order valence-electron chi connectivity index (χ0n) is 16.1. The van der Waals surface area contributed by atoms with Crippen LogP contribution in [0.15, 0.2) is 24.3 Å². The molecule has 3 rings (SSSR count). The number of ether oxygens (including phenoxy) is 2. The molecule has 162 valence electrons. The summed E-state index contributed by atoms with van der Waals surface area (Å²) in [5, 5.41) is 72.0. The number of hydrogen-bond donors (Lipinski definition) is 7. The first-order valence-electron chi connectivity index (χ1n) is 8.87. The molecule has 30 heavy (non-hydrogen) atoms. The Kier molecular flexibility index (Phi) is 5.42. The van der Waals surface area contributed by atoms with Gasteiger partial charge in [-0.3, -0.25) is 0 Å². The number of phenolic OH excluding ortho intramolecular Hbond substituents is 3. The van der Waals surface area contributed by atoms with Gasteiger partial charge < -0.3 is 45.2 Å². The number of rotatable bonds is 5. The van der Waals surface area contributed by atoms with E-state index in [1.54, 1.807) is 0 Å². The molecule has 2 aromatic carbocycles. The number of fused-ring (bicyclic) bond motifs is 1. The Hall–Kier alpha value is -3.21. The van der Waals surface area contributed by atoms with Crippen LogP contribution < -0.4 is 9.47 Å². The molecular formula is C20H22O10. The molecule has 7 N–H and O–H groups in total. The average Bonchev–Trinajstić information content (AvgIpc) is 2.70. The molecule has 2 aromatic rings. The van der Waals surface area contributed by atoms with Crippen LogP contribution in [0.4, 0.5) is 0 Å². The van der Waals surface area contributed by atoms with Crippen molar-refractivity contribution in [3.8, 4) is 28.7 Å². The molecule has 10 heteroatoms. The molecule has 1 aliphatic carbocycles. The van der Waals surface area contributed by atoms with Gasteiger partial charge in [-0.05, 0) is 41.0 Å². The van der Waals surface area contributed by atoms with Crippen molar-refractivity contribution in [3.63, 3.8) is 0 Å². The van der Waals surface area contributed by atoms with Crippen LogP contribution in [0.2, 0.25) is 0 Å². The zero-order valence-corrected chi connectivity index (χ0v) is 16.1. The summed E-state index contributed by atoms with van der Waals surface area (Å²) in [6.45, 7) is -0.885. The van der Waals surface area contributed by atoms with Crippen molar-refractivity contribution in [1.29, 1.82) is 0 Å². The van der Waals surface area contributed by atoms with E-state index in [-0.39, 0.29) is 33.9 Å². The third-order valence-electron chi connectivity index (χ3n) is 5.57. The van der Waals surface area contributed by atoms with E-state index in [9.17, 15) is 40.5 Å². The van der Waals surface area contributed by atoms with Crippen molar-refractivity contribution >= 4 is 5.97 Å². The molecule has 0 radical (unpaired) electrons. The highest BCUT2D eigenvalue weighted by atomic mass is 16.5. The third kappa shape index (κ3) is 2.96. The lowest BCUT2D eigenvalue weighted by Crippen LogP contribution is -2.57. The maximum atomic E-state index is 12.2. The predicted octanol–water partition coefficient (Wildman–Crippen LogP) is 0.424. The van der Waals surface area contributed by atoms with Crippen molar-refractivity contribution in [2.45, 2.75) is 17.6 Å². The second kappa shape index (κ2) is 7.56. The van der Waals surface area contributed by atoms with Gasteiger partial charge in [0.1, 0.15) is 0 Å². The number of carboxylic acids is 1. The molecule has 0 fully saturated rings. The van der Waals surface area contributed by atoms with Gasteiger partial charge in [-0.25, -0.2) is 4.79 Å². The molecule has 10 nitrogen and oxygen atoms in total. The van der Waals surface area contributed by atoms with Crippen LogP contribution in [-0.4, -0.2) is 68.1 Å². The topological polar surface area (TPSA) is 177 Å². The standard InChI is InChI=1S/C20H22O10/c1-29-14-6-10-9(5-12(14)22)16(8-3-13(23)18(25)15(4-8)30-2)20(28,19(26)27)11(7-21)17(10)24/h3-6,11,16-17,21-25,28H,7H2,1-2H3,(H,26,27)/t11-,16+,17-,20+/m0/s1. The lowest BCUT2D eigenvalue weighted by atomic mass is 9.62. The summed E-state index contributed by atoms with van der Waals surface area (Å²) in [4.78, 5) is 12.2. The SMILES string of the molecule is COc1cc2c(cc1O)[C@@H](c1cc(O)c(O)c(OC)c1)[C@@](O)(C(=O)O)[C@@H](CO)[C@H]2O. The van der Waals surface area contributed by atoms with Crippen LogP contribution in [0.1, 0.15) is 28.7 Å². The maximum absolute atomic E-state index is 12.2. The number of phenols is 3. The van der Waals surface area contributed by atoms with E-state index in [1.165, 1.54) is 26.4 Å². The summed E-state index contributed by atoms with van der Waals surface area (Å²) in [6.07, 6.45) is -1.61. The fraction of sp³-hybridized carbons (Fsp3) is 0.350. The highest BCUT2D eigenvalue weighted by Gasteiger charge is 2.58. The van der Waals surface area contributed by atoms with Crippen molar-refractivity contribution in [3.05, 3.63) is 41.0 Å². The number of carboxylic acid groups (broad SMARTS) is 1. The molecule has 0 bridgehead atoms. The minimum Gasteiger partial charge on any atom is -0.504 e. The summed E-state index contributed by atoms with van der Waals surface area (Å²) >= 11 is 0. The van der Waals surface area contributed by atoms with Gasteiger partial charge in [0.2, 0.25) is 5.75 Å². The van der Waals surface area contributed by atoms with Gasteiger partial charge in [0.25, 0.3) is 0 Å². The largest absolute Gasteiger partial charge is 0.504 e. The number of carbonyl (C=O) groups is 1. The second-order valence-electron chi connectivity index (χ2n) is 7.04. The van der Waals surface area contributed by atoms with E-state index in [1.807, 2.05) is 0 Å². The Morgan fingerprint density at radius 2 is 1.63 bits per heavy atom. The highest BCUT2D eigenvalue weighted by Crippen LogP contribution is 2.54. The van der Waals surface area contributed by atoms with Crippen molar-refractivity contribution in [2.75, 3.05) is 20.8 Å². The summed E-state index contributed by atoms with van der Waals surface area (Å²) < 4.78 is 10.0. The Bertz CT molecular complexity index is 988. The van der Waals surface area contributed by atoms with Crippen LogP contribution in [-0.2, 0) is 4.79 Å². The van der Waals surface area contributed by atoms with E-state index in [4.69, 9.17) is 9.47 Å². The summed E-state index contributed by atoms with van der Waals surface area (Å²) in [6, 6.07) is 4.67. The molecule has 0 saturated carbocycles. The fourth-order valence-corrected chi connectivity index (χ4v) is 4.07. The molecule has 1 aliphatic rings. The first kappa shape index (κ1) is 21.5. The van der Waals surface area contributed by atoms with Gasteiger partial charge in [0.05, 0.1) is 32.8 Å². The van der Waals surface area contributed by atoms with E-state index < -0.39 is 47.6 Å². The number of aliphatic hydroxyl groups excluding tert-OH is 2. The van der Waals surface area contributed by atoms with Crippen molar-refractivity contribution in [2.24, 2.45) is 5.92 Å². The minimum atomic E-state index is -2.74. The van der Waals surface area contributed by atoms with Gasteiger partial charge in [0.15, 0.2) is 28.6 Å². The molecule has 0 aliphatic heterocycles. The Morgan fingerprint density at radius 1 is 1.00 bits per heavy atom. The van der Waals surface area contributed by atoms with Crippen LogP contribution in [0.25, 0.3) is 0 Å². The summed E-state index contributed by atoms with van der Waals surface area (Å²) in [5.74, 6) is -6.57. The van der Waals surface area contributed by atoms with Gasteiger partial charge in [-0.1, -0.05) is 0 Å². The van der Waals surface area contributed by atoms with Crippen molar-refractivity contribution < 1.29 is 50.0 Å². The van der Waals surface area contributed by atoms with Crippen LogP contribution in [0.3, 0.4) is 0 Å². The molecule has 0 saturated heterocycles.